The summed E-state index contributed by atoms with van der Waals surface area (Å²) in [6.45, 7) is 6.52. The molecule has 4 aromatic rings. The Balaban J connectivity index is 1.54. The number of aliphatic hydroxyl groups excluding tert-OH is 1. The molecule has 0 saturated heterocycles. The summed E-state index contributed by atoms with van der Waals surface area (Å²) in [4.78, 5) is 12.9. The highest BCUT2D eigenvalue weighted by atomic mass is 32.2. The lowest BCUT2D eigenvalue weighted by molar-refractivity contribution is -0.143. The van der Waals surface area contributed by atoms with Crippen molar-refractivity contribution in [2.75, 3.05) is 20.3 Å². The Bertz CT molecular complexity index is 1820. The number of carbonyl (C=O) groups excluding carboxylic acids is 1. The maximum absolute atomic E-state index is 13.3. The smallest absolute Gasteiger partial charge is 0.386 e. The molecule has 0 saturated carbocycles. The first-order chi connectivity index (χ1) is 22.1. The molecule has 46 heavy (non-hydrogen) atoms. The van der Waals surface area contributed by atoms with Gasteiger partial charge in [0, 0.05) is 36.7 Å². The predicted molar refractivity (Wildman–Crippen MR) is 171 cm³/mol. The number of phenolic OH excluding ortho intramolecular Hbond substituents is 1. The SMILES string of the molecule is CCOC(=O)CC(c1ccc(OC)c(C(C)N2Cc3cc(O)ccc3OS2(=O)=O)c1)c1ccc2c(nnn2CCCCCO)c1C. The summed E-state index contributed by atoms with van der Waals surface area (Å²) >= 11 is 0. The van der Waals surface area contributed by atoms with Crippen molar-refractivity contribution in [2.45, 2.75) is 71.5 Å². The van der Waals surface area contributed by atoms with Gasteiger partial charge in [0.1, 0.15) is 22.8 Å². The van der Waals surface area contributed by atoms with Gasteiger partial charge >= 0.3 is 16.3 Å². The second-order valence-corrected chi connectivity index (χ2v) is 12.9. The van der Waals surface area contributed by atoms with Gasteiger partial charge in [-0.25, -0.2) is 4.68 Å². The van der Waals surface area contributed by atoms with E-state index in [1.165, 1.54) is 29.6 Å². The largest absolute Gasteiger partial charge is 0.508 e. The van der Waals surface area contributed by atoms with Gasteiger partial charge in [-0.1, -0.05) is 17.3 Å². The molecule has 5 rings (SSSR count). The Morgan fingerprint density at radius 3 is 2.63 bits per heavy atom. The molecule has 2 N–H and O–H groups in total. The Morgan fingerprint density at radius 1 is 1.09 bits per heavy atom. The zero-order valence-corrected chi connectivity index (χ0v) is 27.3. The molecular weight excluding hydrogens is 612 g/mol. The summed E-state index contributed by atoms with van der Waals surface area (Å²) in [5, 5.41) is 27.9. The lowest BCUT2D eigenvalue weighted by Gasteiger charge is -2.33. The van der Waals surface area contributed by atoms with E-state index in [1.54, 1.807) is 19.9 Å². The zero-order chi connectivity index (χ0) is 33.0. The van der Waals surface area contributed by atoms with Crippen molar-refractivity contribution in [3.63, 3.8) is 0 Å². The van der Waals surface area contributed by atoms with Crippen molar-refractivity contribution >= 4 is 27.3 Å². The monoisotopic (exact) mass is 652 g/mol. The van der Waals surface area contributed by atoms with Crippen molar-refractivity contribution in [1.29, 1.82) is 0 Å². The topological polar surface area (TPSA) is 153 Å². The Hall–Kier alpha value is -4.20. The number of benzene rings is 3. The normalized spacial score (nSPS) is 15.6. The number of unbranched alkanes of at least 4 members (excludes halogenated alkanes) is 2. The number of aromatic hydroxyl groups is 1. The van der Waals surface area contributed by atoms with Crippen LogP contribution in [0.2, 0.25) is 0 Å². The average molecular weight is 653 g/mol. The number of methoxy groups -OCH3 is 1. The van der Waals surface area contributed by atoms with Crippen LogP contribution in [0.4, 0.5) is 0 Å². The van der Waals surface area contributed by atoms with Gasteiger partial charge in [0.25, 0.3) is 0 Å². The third-order valence-corrected chi connectivity index (χ3v) is 9.86. The number of esters is 1. The lowest BCUT2D eigenvalue weighted by Crippen LogP contribution is -2.39. The van der Waals surface area contributed by atoms with Gasteiger partial charge in [-0.2, -0.15) is 12.7 Å². The van der Waals surface area contributed by atoms with Crippen molar-refractivity contribution in [3.05, 3.63) is 76.3 Å². The molecule has 13 heteroatoms. The fourth-order valence-corrected chi connectivity index (χ4v) is 7.31. The molecule has 0 bridgehead atoms. The molecule has 3 aromatic carbocycles. The second-order valence-electron chi connectivity index (χ2n) is 11.4. The number of hydrogen-bond donors (Lipinski definition) is 2. The maximum Gasteiger partial charge on any atom is 0.386 e. The molecule has 0 spiro atoms. The molecular formula is C33H40N4O8S. The molecule has 1 aliphatic heterocycles. The van der Waals surface area contributed by atoms with Gasteiger partial charge in [0.2, 0.25) is 0 Å². The Kier molecular flexibility index (Phi) is 10.1. The third kappa shape index (κ3) is 6.81. The predicted octanol–water partition coefficient (Wildman–Crippen LogP) is 4.90. The first-order valence-corrected chi connectivity index (χ1v) is 16.7. The van der Waals surface area contributed by atoms with E-state index in [-0.39, 0.29) is 43.6 Å². The first kappa shape index (κ1) is 33.2. The van der Waals surface area contributed by atoms with E-state index in [0.29, 0.717) is 23.4 Å². The first-order valence-electron chi connectivity index (χ1n) is 15.4. The molecule has 0 radical (unpaired) electrons. The number of aryl methyl sites for hydroxylation is 2. The van der Waals surface area contributed by atoms with E-state index < -0.39 is 22.3 Å². The summed E-state index contributed by atoms with van der Waals surface area (Å²) in [6.07, 6.45) is 2.53. The van der Waals surface area contributed by atoms with Crippen LogP contribution in [0.5, 0.6) is 17.2 Å². The summed E-state index contributed by atoms with van der Waals surface area (Å²) in [6, 6.07) is 13.0. The highest BCUT2D eigenvalue weighted by Gasteiger charge is 2.37. The zero-order valence-electron chi connectivity index (χ0n) is 26.5. The van der Waals surface area contributed by atoms with Crippen LogP contribution >= 0.6 is 0 Å². The molecule has 246 valence electrons. The van der Waals surface area contributed by atoms with Crippen LogP contribution in [0.1, 0.15) is 79.3 Å². The fourth-order valence-electron chi connectivity index (χ4n) is 6.03. The number of phenols is 1. The second kappa shape index (κ2) is 14.1. The van der Waals surface area contributed by atoms with E-state index in [4.69, 9.17) is 18.8 Å². The van der Waals surface area contributed by atoms with Crippen LogP contribution in [0, 0.1) is 6.92 Å². The van der Waals surface area contributed by atoms with E-state index >= 15 is 0 Å². The minimum atomic E-state index is -4.18. The number of ether oxygens (including phenoxy) is 2. The molecule has 1 aromatic heterocycles. The minimum Gasteiger partial charge on any atom is -0.508 e. The van der Waals surface area contributed by atoms with Gasteiger partial charge in [-0.3, -0.25) is 4.79 Å². The minimum absolute atomic E-state index is 0.00436. The van der Waals surface area contributed by atoms with Crippen molar-refractivity contribution in [1.82, 2.24) is 19.3 Å². The van der Waals surface area contributed by atoms with E-state index in [9.17, 15) is 18.3 Å². The highest BCUT2D eigenvalue weighted by Crippen LogP contribution is 2.41. The Labute approximate surface area is 268 Å². The molecule has 0 amide bonds. The van der Waals surface area contributed by atoms with Crippen LogP contribution in [0.25, 0.3) is 11.0 Å². The summed E-state index contributed by atoms with van der Waals surface area (Å²) < 4.78 is 46.1. The van der Waals surface area contributed by atoms with Crippen molar-refractivity contribution in [2.24, 2.45) is 0 Å². The molecule has 0 aliphatic carbocycles. The van der Waals surface area contributed by atoms with Crippen LogP contribution in [0.15, 0.2) is 48.5 Å². The van der Waals surface area contributed by atoms with Crippen LogP contribution in [-0.4, -0.2) is 64.2 Å². The summed E-state index contributed by atoms with van der Waals surface area (Å²) in [5.41, 5.74) is 5.24. The number of hydrogen-bond acceptors (Lipinski definition) is 10. The van der Waals surface area contributed by atoms with Crippen LogP contribution in [-0.2, 0) is 32.9 Å². The highest BCUT2D eigenvalue weighted by molar-refractivity contribution is 7.84. The van der Waals surface area contributed by atoms with Gasteiger partial charge in [-0.15, -0.1) is 5.10 Å². The molecule has 12 nitrogen and oxygen atoms in total. The Morgan fingerprint density at radius 2 is 1.89 bits per heavy atom. The van der Waals surface area contributed by atoms with E-state index in [0.717, 1.165) is 47.0 Å². The fraction of sp³-hybridized carbons (Fsp3) is 0.424. The summed E-state index contributed by atoms with van der Waals surface area (Å²) in [5.74, 6) is -0.163. The van der Waals surface area contributed by atoms with Crippen LogP contribution < -0.4 is 8.92 Å². The lowest BCUT2D eigenvalue weighted by atomic mass is 9.84. The van der Waals surface area contributed by atoms with Gasteiger partial charge in [0.15, 0.2) is 0 Å². The van der Waals surface area contributed by atoms with Crippen LogP contribution in [0.3, 0.4) is 0 Å². The third-order valence-electron chi connectivity index (χ3n) is 8.45. The number of nitrogens with zero attached hydrogens (tertiary/aromatic N) is 4. The van der Waals surface area contributed by atoms with E-state index in [2.05, 4.69) is 10.3 Å². The molecule has 1 aliphatic rings. The number of rotatable bonds is 13. The molecule has 0 fully saturated rings. The van der Waals surface area contributed by atoms with Gasteiger partial charge < -0.3 is 23.9 Å². The number of aliphatic hydroxyl groups is 1. The molecule has 2 atom stereocenters. The molecule has 2 heterocycles. The van der Waals surface area contributed by atoms with E-state index in [1.807, 2.05) is 35.9 Å². The summed E-state index contributed by atoms with van der Waals surface area (Å²) in [7, 11) is -2.67. The standard InChI is InChI=1S/C33H40N4O8S/c1-5-44-32(40)19-28(26-11-12-29-33(21(26)2)34-35-36(29)15-7-6-8-16-38)23-9-13-31(43-4)27(18-23)22(3)37-20-24-17-25(39)10-14-30(24)45-46(37,41)42/h9-14,17-18,22,28,38-39H,5-8,15-16,19-20H2,1-4H3. The number of aromatic nitrogens is 3. The number of fused-ring (bicyclic) bond motifs is 2. The van der Waals surface area contributed by atoms with Gasteiger partial charge in [-0.05, 0) is 93.1 Å². The molecule has 2 unspecified atom stereocenters. The van der Waals surface area contributed by atoms with Crippen molar-refractivity contribution < 1.29 is 37.1 Å². The average Bonchev–Trinajstić information content (AvgIpc) is 3.45. The van der Waals surface area contributed by atoms with Crippen molar-refractivity contribution in [3.8, 4) is 17.2 Å². The van der Waals surface area contributed by atoms with Gasteiger partial charge in [0.05, 0.1) is 31.7 Å². The number of carbonyl (C=O) groups is 1. The maximum atomic E-state index is 13.3. The quantitative estimate of drug-likeness (QED) is 0.151.